The number of aromatic nitrogens is 1. The molecule has 0 N–H and O–H groups in total. The molecule has 1 aromatic carbocycles. The summed E-state index contributed by atoms with van der Waals surface area (Å²) in [5.41, 5.74) is 1.85. The number of hydrogen-bond donors (Lipinski definition) is 0. The first kappa shape index (κ1) is 18.5. The van der Waals surface area contributed by atoms with Crippen LogP contribution in [0.25, 0.3) is 11.5 Å². The zero-order valence-corrected chi connectivity index (χ0v) is 15.7. The van der Waals surface area contributed by atoms with Gasteiger partial charge in [-0.1, -0.05) is 18.2 Å². The van der Waals surface area contributed by atoms with Gasteiger partial charge in [0.25, 0.3) is 0 Å². The van der Waals surface area contributed by atoms with E-state index in [0.717, 1.165) is 30.8 Å². The maximum atomic E-state index is 12.5. The summed E-state index contributed by atoms with van der Waals surface area (Å²) < 4.78 is 10.5. The zero-order chi connectivity index (χ0) is 19.3. The second-order valence-electron chi connectivity index (χ2n) is 7.06. The molecule has 2 aromatic rings. The highest BCUT2D eigenvalue weighted by Gasteiger charge is 2.27. The number of amides is 2. The number of oxazole rings is 1. The Labute approximate surface area is 163 Å². The van der Waals surface area contributed by atoms with Crippen molar-refractivity contribution in [3.05, 3.63) is 42.3 Å². The molecule has 0 atom stereocenters. The second kappa shape index (κ2) is 8.43. The van der Waals surface area contributed by atoms with Gasteiger partial charge in [0.2, 0.25) is 11.8 Å². The molecule has 28 heavy (non-hydrogen) atoms. The molecule has 0 saturated carbocycles. The van der Waals surface area contributed by atoms with E-state index in [4.69, 9.17) is 9.15 Å². The molecule has 8 heteroatoms. The van der Waals surface area contributed by atoms with Gasteiger partial charge in [-0.3, -0.25) is 14.6 Å². The van der Waals surface area contributed by atoms with Gasteiger partial charge >= 0.3 is 6.09 Å². The van der Waals surface area contributed by atoms with Crippen molar-refractivity contribution in [2.45, 2.75) is 13.0 Å². The number of rotatable bonds is 5. The maximum absolute atomic E-state index is 12.5. The number of nitrogens with zero attached hydrogens (tertiary/aromatic N) is 4. The number of benzene rings is 1. The Kier molecular flexibility index (Phi) is 5.57. The number of cyclic esters (lactones) is 1. The van der Waals surface area contributed by atoms with E-state index < -0.39 is 6.09 Å². The van der Waals surface area contributed by atoms with Crippen LogP contribution in [0.15, 0.2) is 41.0 Å². The predicted octanol–water partition coefficient (Wildman–Crippen LogP) is 1.83. The summed E-state index contributed by atoms with van der Waals surface area (Å²) in [7, 11) is 0. The second-order valence-corrected chi connectivity index (χ2v) is 7.06. The van der Waals surface area contributed by atoms with Crippen molar-refractivity contribution >= 4 is 12.0 Å². The predicted molar refractivity (Wildman–Crippen MR) is 101 cm³/mol. The fourth-order valence-electron chi connectivity index (χ4n) is 3.53. The van der Waals surface area contributed by atoms with Crippen LogP contribution < -0.4 is 0 Å². The van der Waals surface area contributed by atoms with Crippen LogP contribution in [0.3, 0.4) is 0 Å². The fourth-order valence-corrected chi connectivity index (χ4v) is 3.53. The van der Waals surface area contributed by atoms with Crippen LogP contribution >= 0.6 is 0 Å². The van der Waals surface area contributed by atoms with Crippen molar-refractivity contribution < 1.29 is 18.7 Å². The van der Waals surface area contributed by atoms with Gasteiger partial charge in [0.05, 0.1) is 12.2 Å². The minimum Gasteiger partial charge on any atom is -0.448 e. The third kappa shape index (κ3) is 4.33. The van der Waals surface area contributed by atoms with Gasteiger partial charge in [0, 0.05) is 38.3 Å². The average molecular weight is 384 g/mol. The monoisotopic (exact) mass is 384 g/mol. The van der Waals surface area contributed by atoms with Crippen LogP contribution in [0.4, 0.5) is 4.79 Å². The van der Waals surface area contributed by atoms with Gasteiger partial charge in [-0.05, 0) is 18.6 Å². The molecule has 148 valence electrons. The van der Waals surface area contributed by atoms with E-state index in [1.165, 1.54) is 4.90 Å². The first-order valence-corrected chi connectivity index (χ1v) is 9.61. The average Bonchev–Trinajstić information content (AvgIpc) is 3.26. The largest absolute Gasteiger partial charge is 0.448 e. The van der Waals surface area contributed by atoms with Gasteiger partial charge in [0.15, 0.2) is 0 Å². The lowest BCUT2D eigenvalue weighted by atomic mass is 10.2. The van der Waals surface area contributed by atoms with Gasteiger partial charge in [-0.25, -0.2) is 9.78 Å². The van der Waals surface area contributed by atoms with Crippen molar-refractivity contribution in [3.8, 4) is 11.5 Å². The van der Waals surface area contributed by atoms with Gasteiger partial charge in [0.1, 0.15) is 19.4 Å². The third-order valence-corrected chi connectivity index (χ3v) is 5.07. The Bertz CT molecular complexity index is 823. The molecule has 4 rings (SSSR count). The summed E-state index contributed by atoms with van der Waals surface area (Å²) in [5.74, 6) is 0.605. The molecule has 0 unspecified atom stereocenters. The van der Waals surface area contributed by atoms with E-state index in [-0.39, 0.29) is 12.5 Å². The van der Waals surface area contributed by atoms with E-state index in [1.807, 2.05) is 35.2 Å². The maximum Gasteiger partial charge on any atom is 0.410 e. The fraction of sp³-hybridized carbons (Fsp3) is 0.450. The van der Waals surface area contributed by atoms with Crippen molar-refractivity contribution in [2.75, 3.05) is 45.9 Å². The lowest BCUT2D eigenvalue weighted by Crippen LogP contribution is -2.42. The summed E-state index contributed by atoms with van der Waals surface area (Å²) >= 11 is 0. The summed E-state index contributed by atoms with van der Waals surface area (Å²) in [5, 5.41) is 0. The molecular formula is C20H24N4O4. The van der Waals surface area contributed by atoms with Crippen molar-refractivity contribution in [1.29, 1.82) is 0 Å². The standard InChI is InChI=1S/C20H24N4O4/c25-18(14-24-11-12-27-20(24)26)23-8-4-7-22(9-10-23)13-17-15-28-19(21-17)16-5-2-1-3-6-16/h1-3,5-6,15H,4,7-14H2. The van der Waals surface area contributed by atoms with E-state index in [2.05, 4.69) is 9.88 Å². The zero-order valence-electron chi connectivity index (χ0n) is 15.7. The molecule has 2 amide bonds. The van der Waals surface area contributed by atoms with E-state index >= 15 is 0 Å². The molecule has 2 aliphatic heterocycles. The SMILES string of the molecule is O=C(CN1CCOC1=O)N1CCCN(Cc2coc(-c3ccccc3)n2)CC1. The van der Waals surface area contributed by atoms with Crippen LogP contribution in [-0.4, -0.2) is 77.6 Å². The van der Waals surface area contributed by atoms with Crippen molar-refractivity contribution in [1.82, 2.24) is 19.7 Å². The highest BCUT2D eigenvalue weighted by molar-refractivity contribution is 5.82. The Morgan fingerprint density at radius 3 is 2.71 bits per heavy atom. The quantitative estimate of drug-likeness (QED) is 0.783. The molecule has 8 nitrogen and oxygen atoms in total. The number of carbonyl (C=O) groups excluding carboxylic acids is 2. The summed E-state index contributed by atoms with van der Waals surface area (Å²) in [4.78, 5) is 34.2. The molecule has 0 radical (unpaired) electrons. The lowest BCUT2D eigenvalue weighted by Gasteiger charge is -2.23. The first-order valence-electron chi connectivity index (χ1n) is 9.61. The molecule has 3 heterocycles. The lowest BCUT2D eigenvalue weighted by molar-refractivity contribution is -0.131. The molecule has 0 aliphatic carbocycles. The topological polar surface area (TPSA) is 79.1 Å². The Hall–Kier alpha value is -2.87. The minimum absolute atomic E-state index is 0.0199. The smallest absolute Gasteiger partial charge is 0.410 e. The highest BCUT2D eigenvalue weighted by Crippen LogP contribution is 2.19. The number of ether oxygens (including phenoxy) is 1. The summed E-state index contributed by atoms with van der Waals surface area (Å²) in [6.07, 6.45) is 2.19. The Balaban J connectivity index is 1.30. The van der Waals surface area contributed by atoms with Crippen LogP contribution in [-0.2, 0) is 16.1 Å². The third-order valence-electron chi connectivity index (χ3n) is 5.07. The highest BCUT2D eigenvalue weighted by atomic mass is 16.6. The van der Waals surface area contributed by atoms with Crippen molar-refractivity contribution in [2.24, 2.45) is 0 Å². The van der Waals surface area contributed by atoms with E-state index in [1.54, 1.807) is 6.26 Å². The van der Waals surface area contributed by atoms with Crippen molar-refractivity contribution in [3.63, 3.8) is 0 Å². The summed E-state index contributed by atoms with van der Waals surface area (Å²) in [6.45, 7) is 4.65. The minimum atomic E-state index is -0.398. The molecule has 2 saturated heterocycles. The molecule has 2 aliphatic rings. The number of carbonyl (C=O) groups is 2. The first-order chi connectivity index (χ1) is 13.7. The van der Waals surface area contributed by atoms with Crippen LogP contribution in [0.1, 0.15) is 12.1 Å². The molecule has 0 spiro atoms. The van der Waals surface area contributed by atoms with Gasteiger partial charge < -0.3 is 14.1 Å². The molecular weight excluding hydrogens is 360 g/mol. The molecule has 0 bridgehead atoms. The normalized spacial score (nSPS) is 18.2. The van der Waals surface area contributed by atoms with Gasteiger partial charge in [-0.15, -0.1) is 0 Å². The summed E-state index contributed by atoms with van der Waals surface area (Å²) in [6, 6.07) is 9.83. The number of hydrogen-bond acceptors (Lipinski definition) is 6. The molecule has 2 fully saturated rings. The van der Waals surface area contributed by atoms with E-state index in [0.29, 0.717) is 38.7 Å². The van der Waals surface area contributed by atoms with Crippen LogP contribution in [0, 0.1) is 0 Å². The van der Waals surface area contributed by atoms with Crippen LogP contribution in [0.2, 0.25) is 0 Å². The Morgan fingerprint density at radius 1 is 1.07 bits per heavy atom. The van der Waals surface area contributed by atoms with E-state index in [9.17, 15) is 9.59 Å². The van der Waals surface area contributed by atoms with Crippen LogP contribution in [0.5, 0.6) is 0 Å². The Morgan fingerprint density at radius 2 is 1.93 bits per heavy atom. The van der Waals surface area contributed by atoms with Gasteiger partial charge in [-0.2, -0.15) is 0 Å². The molecule has 1 aromatic heterocycles.